The van der Waals surface area contributed by atoms with Crippen LogP contribution in [-0.4, -0.2) is 46.3 Å². The van der Waals surface area contributed by atoms with Gasteiger partial charge in [-0.3, -0.25) is 4.90 Å². The summed E-state index contributed by atoms with van der Waals surface area (Å²) in [6.45, 7) is 1.82. The van der Waals surface area contributed by atoms with Gasteiger partial charge in [-0.1, -0.05) is 6.07 Å². The summed E-state index contributed by atoms with van der Waals surface area (Å²) in [6, 6.07) is 5.73. The number of nitrogens with zero attached hydrogens (tertiary/aromatic N) is 1. The zero-order chi connectivity index (χ0) is 14.7. The third kappa shape index (κ3) is 2.98. The van der Waals surface area contributed by atoms with E-state index in [1.165, 1.54) is 16.7 Å². The minimum Gasteiger partial charge on any atom is -0.497 e. The van der Waals surface area contributed by atoms with Crippen LogP contribution in [0.25, 0.3) is 0 Å². The molecule has 6 nitrogen and oxygen atoms in total. The SMILES string of the molecule is COc1cccc(NC(=O)N2C(C)SCC2C(=O)O)c1. The van der Waals surface area contributed by atoms with E-state index in [0.717, 1.165) is 0 Å². The van der Waals surface area contributed by atoms with Crippen LogP contribution in [0.4, 0.5) is 10.5 Å². The van der Waals surface area contributed by atoms with E-state index in [9.17, 15) is 9.59 Å². The summed E-state index contributed by atoms with van der Waals surface area (Å²) < 4.78 is 5.08. The first-order valence-corrected chi connectivity index (χ1v) is 7.15. The first kappa shape index (κ1) is 14.5. The molecular formula is C13H16N2O4S. The fraction of sp³-hybridized carbons (Fsp3) is 0.385. The van der Waals surface area contributed by atoms with Crippen LogP contribution in [0.2, 0.25) is 0 Å². The van der Waals surface area contributed by atoms with Gasteiger partial charge in [-0.25, -0.2) is 9.59 Å². The number of urea groups is 1. The number of methoxy groups -OCH3 is 1. The lowest BCUT2D eigenvalue weighted by atomic mass is 10.3. The van der Waals surface area contributed by atoms with Crippen molar-refractivity contribution in [2.75, 3.05) is 18.2 Å². The number of thioether (sulfide) groups is 1. The molecule has 2 atom stereocenters. The molecule has 1 aromatic rings. The van der Waals surface area contributed by atoms with Gasteiger partial charge < -0.3 is 15.2 Å². The monoisotopic (exact) mass is 296 g/mol. The lowest BCUT2D eigenvalue weighted by molar-refractivity contribution is -0.141. The summed E-state index contributed by atoms with van der Waals surface area (Å²) in [5.41, 5.74) is 0.572. The van der Waals surface area contributed by atoms with Crippen LogP contribution < -0.4 is 10.1 Å². The average Bonchev–Trinajstić information content (AvgIpc) is 2.81. The van der Waals surface area contributed by atoms with Crippen molar-refractivity contribution < 1.29 is 19.4 Å². The summed E-state index contributed by atoms with van der Waals surface area (Å²) >= 11 is 1.45. The van der Waals surface area contributed by atoms with Gasteiger partial charge >= 0.3 is 12.0 Å². The maximum atomic E-state index is 12.2. The Kier molecular flexibility index (Phi) is 4.39. The van der Waals surface area contributed by atoms with Crippen molar-refractivity contribution in [1.82, 2.24) is 4.90 Å². The Labute approximate surface area is 121 Å². The molecule has 1 saturated heterocycles. The minimum atomic E-state index is -0.984. The van der Waals surface area contributed by atoms with Gasteiger partial charge in [-0.2, -0.15) is 0 Å². The molecule has 0 radical (unpaired) electrons. The highest BCUT2D eigenvalue weighted by molar-refractivity contribution is 8.00. The third-order valence-corrected chi connectivity index (χ3v) is 4.28. The molecule has 0 aliphatic carbocycles. The number of hydrogen-bond acceptors (Lipinski definition) is 4. The van der Waals surface area contributed by atoms with Crippen LogP contribution >= 0.6 is 11.8 Å². The molecule has 2 rings (SSSR count). The molecule has 2 amide bonds. The second-order valence-corrected chi connectivity index (χ2v) is 5.70. The molecule has 2 unspecified atom stereocenters. The lowest BCUT2D eigenvalue weighted by Gasteiger charge is -2.25. The topological polar surface area (TPSA) is 78.9 Å². The van der Waals surface area contributed by atoms with Crippen LogP contribution in [-0.2, 0) is 4.79 Å². The lowest BCUT2D eigenvalue weighted by Crippen LogP contribution is -2.46. The first-order chi connectivity index (χ1) is 9.52. The number of carboxylic acid groups (broad SMARTS) is 1. The average molecular weight is 296 g/mol. The fourth-order valence-corrected chi connectivity index (χ4v) is 3.20. The molecule has 1 fully saturated rings. The van der Waals surface area contributed by atoms with Gasteiger partial charge in [-0.05, 0) is 19.1 Å². The Morgan fingerprint density at radius 2 is 2.25 bits per heavy atom. The quantitative estimate of drug-likeness (QED) is 0.892. The highest BCUT2D eigenvalue weighted by Gasteiger charge is 2.39. The summed E-state index contributed by atoms with van der Waals surface area (Å²) in [5.74, 6) is 0.0475. The number of carbonyl (C=O) groups excluding carboxylic acids is 1. The largest absolute Gasteiger partial charge is 0.497 e. The predicted molar refractivity (Wildman–Crippen MR) is 77.2 cm³/mol. The molecule has 2 N–H and O–H groups in total. The summed E-state index contributed by atoms with van der Waals surface area (Å²) in [4.78, 5) is 24.8. The smallest absolute Gasteiger partial charge is 0.327 e. The van der Waals surface area contributed by atoms with E-state index in [1.807, 2.05) is 6.92 Å². The van der Waals surface area contributed by atoms with Crippen LogP contribution in [0.3, 0.4) is 0 Å². The van der Waals surface area contributed by atoms with Crippen molar-refractivity contribution in [3.05, 3.63) is 24.3 Å². The van der Waals surface area contributed by atoms with E-state index in [0.29, 0.717) is 17.2 Å². The molecule has 0 saturated carbocycles. The van der Waals surface area contributed by atoms with Crippen LogP contribution in [0.15, 0.2) is 24.3 Å². The van der Waals surface area contributed by atoms with Crippen LogP contribution in [0.1, 0.15) is 6.92 Å². The number of aliphatic carboxylic acids is 1. The Bertz CT molecular complexity index is 523. The fourth-order valence-electron chi connectivity index (χ4n) is 2.03. The molecule has 1 heterocycles. The molecule has 20 heavy (non-hydrogen) atoms. The van der Waals surface area contributed by atoms with E-state index < -0.39 is 18.0 Å². The van der Waals surface area contributed by atoms with Crippen molar-refractivity contribution in [2.45, 2.75) is 18.3 Å². The number of carboxylic acids is 1. The molecule has 1 aliphatic rings. The van der Waals surface area contributed by atoms with Crippen molar-refractivity contribution >= 4 is 29.4 Å². The number of hydrogen-bond donors (Lipinski definition) is 2. The van der Waals surface area contributed by atoms with Crippen LogP contribution in [0.5, 0.6) is 5.75 Å². The molecule has 0 spiro atoms. The third-order valence-electron chi connectivity index (χ3n) is 3.06. The highest BCUT2D eigenvalue weighted by atomic mass is 32.2. The standard InChI is InChI=1S/C13H16N2O4S/c1-8-15(11(7-20-8)12(16)17)13(18)14-9-4-3-5-10(6-9)19-2/h3-6,8,11H,7H2,1-2H3,(H,14,18)(H,16,17). The summed E-state index contributed by atoms with van der Waals surface area (Å²) in [7, 11) is 1.54. The van der Waals surface area contributed by atoms with Crippen molar-refractivity contribution in [2.24, 2.45) is 0 Å². The van der Waals surface area contributed by atoms with Gasteiger partial charge in [-0.15, -0.1) is 11.8 Å². The molecule has 0 aromatic heterocycles. The Balaban J connectivity index is 2.12. The van der Waals surface area contributed by atoms with E-state index >= 15 is 0 Å². The second-order valence-electron chi connectivity index (χ2n) is 4.36. The zero-order valence-electron chi connectivity index (χ0n) is 11.2. The van der Waals surface area contributed by atoms with Crippen molar-refractivity contribution in [3.8, 4) is 5.75 Å². The number of ether oxygens (including phenoxy) is 1. The van der Waals surface area contributed by atoms with Crippen molar-refractivity contribution in [1.29, 1.82) is 0 Å². The second kappa shape index (κ2) is 6.04. The Morgan fingerprint density at radius 1 is 1.50 bits per heavy atom. The molecule has 108 valence electrons. The van der Waals surface area contributed by atoms with Crippen LogP contribution in [0, 0.1) is 0 Å². The molecule has 1 aliphatic heterocycles. The van der Waals surface area contributed by atoms with E-state index in [2.05, 4.69) is 5.32 Å². The molecule has 1 aromatic carbocycles. The number of amides is 2. The summed E-state index contributed by atoms with van der Waals surface area (Å²) in [6.07, 6.45) is 0. The predicted octanol–water partition coefficient (Wildman–Crippen LogP) is 2.08. The Morgan fingerprint density at radius 3 is 2.90 bits per heavy atom. The molecule has 7 heteroatoms. The van der Waals surface area contributed by atoms with E-state index in [1.54, 1.807) is 31.4 Å². The maximum absolute atomic E-state index is 12.2. The number of benzene rings is 1. The highest BCUT2D eigenvalue weighted by Crippen LogP contribution is 2.29. The summed E-state index contributed by atoms with van der Waals surface area (Å²) in [5, 5.41) is 11.7. The van der Waals surface area contributed by atoms with Gasteiger partial charge in [0, 0.05) is 17.5 Å². The zero-order valence-corrected chi connectivity index (χ0v) is 12.0. The first-order valence-electron chi connectivity index (χ1n) is 6.10. The van der Waals surface area contributed by atoms with Gasteiger partial charge in [0.15, 0.2) is 0 Å². The number of anilines is 1. The minimum absolute atomic E-state index is 0.165. The van der Waals surface area contributed by atoms with Gasteiger partial charge in [0.25, 0.3) is 0 Å². The van der Waals surface area contributed by atoms with Gasteiger partial charge in [0.1, 0.15) is 11.8 Å². The Hall–Kier alpha value is -1.89. The molecular weight excluding hydrogens is 280 g/mol. The number of nitrogens with one attached hydrogen (secondary N) is 1. The number of carbonyl (C=O) groups is 2. The number of rotatable bonds is 3. The van der Waals surface area contributed by atoms with Gasteiger partial charge in [0.2, 0.25) is 0 Å². The van der Waals surface area contributed by atoms with Crippen molar-refractivity contribution in [3.63, 3.8) is 0 Å². The normalized spacial score (nSPS) is 21.6. The van der Waals surface area contributed by atoms with E-state index in [-0.39, 0.29) is 5.37 Å². The molecule has 0 bridgehead atoms. The van der Waals surface area contributed by atoms with E-state index in [4.69, 9.17) is 9.84 Å². The maximum Gasteiger partial charge on any atom is 0.327 e. The van der Waals surface area contributed by atoms with Gasteiger partial charge in [0.05, 0.1) is 12.5 Å².